The maximum absolute atomic E-state index is 13.3. The van der Waals surface area contributed by atoms with Crippen LogP contribution in [0.1, 0.15) is 5.56 Å². The van der Waals surface area contributed by atoms with Crippen molar-refractivity contribution in [2.24, 2.45) is 0 Å². The molecule has 0 amide bonds. The summed E-state index contributed by atoms with van der Waals surface area (Å²) in [7, 11) is -2.13. The highest BCUT2D eigenvalue weighted by Crippen LogP contribution is 2.55. The number of hydrogen-bond donors (Lipinski definition) is 0. The summed E-state index contributed by atoms with van der Waals surface area (Å²) in [5.41, 5.74) is 1.04. The number of carbonyl (C=O) groups is 1. The zero-order chi connectivity index (χ0) is 20.7. The van der Waals surface area contributed by atoms with Gasteiger partial charge in [0.1, 0.15) is 29.3 Å². The van der Waals surface area contributed by atoms with Crippen LogP contribution in [0.15, 0.2) is 127 Å². The molecule has 4 rings (SSSR count). The third kappa shape index (κ3) is 5.28. The van der Waals surface area contributed by atoms with Gasteiger partial charge in [-0.05, 0) is 48.0 Å². The fourth-order valence-electron chi connectivity index (χ4n) is 3.81. The minimum Gasteiger partial charge on any atom is -1.00 e. The Morgan fingerprint density at radius 3 is 1.32 bits per heavy atom. The number of allylic oxidation sites excluding steroid dienone is 1. The summed E-state index contributed by atoms with van der Waals surface area (Å²) in [5, 5.41) is 3.68. The smallest absolute Gasteiger partial charge is 0.193 e. The highest BCUT2D eigenvalue weighted by atomic mass is 79.9. The first-order valence-electron chi connectivity index (χ1n) is 10.1. The second-order valence-electron chi connectivity index (χ2n) is 7.18. The second kappa shape index (κ2) is 11.0. The quantitative estimate of drug-likeness (QED) is 0.289. The summed E-state index contributed by atoms with van der Waals surface area (Å²) in [6.07, 6.45) is 4.12. The predicted octanol–water partition coefficient (Wildman–Crippen LogP) is 2.27. The molecule has 4 aromatic carbocycles. The lowest BCUT2D eigenvalue weighted by atomic mass is 10.2. The first-order chi connectivity index (χ1) is 14.8. The third-order valence-electron chi connectivity index (χ3n) is 5.25. The average molecular weight is 487 g/mol. The molecule has 0 aliphatic heterocycles. The molecule has 31 heavy (non-hydrogen) atoms. The Hall–Kier alpha value is -2.80. The van der Waals surface area contributed by atoms with E-state index in [0.29, 0.717) is 6.16 Å². The van der Waals surface area contributed by atoms with E-state index >= 15 is 0 Å². The molecule has 0 aliphatic carbocycles. The molecule has 0 saturated heterocycles. The summed E-state index contributed by atoms with van der Waals surface area (Å²) in [5.74, 6) is 0.142. The summed E-state index contributed by atoms with van der Waals surface area (Å²) >= 11 is 0. The number of carbonyl (C=O) groups excluding carboxylic acids is 1. The first kappa shape index (κ1) is 22.9. The zero-order valence-corrected chi connectivity index (χ0v) is 19.6. The van der Waals surface area contributed by atoms with Gasteiger partial charge in [-0.1, -0.05) is 91.0 Å². The lowest BCUT2D eigenvalue weighted by Gasteiger charge is -2.26. The van der Waals surface area contributed by atoms with Crippen molar-refractivity contribution in [2.45, 2.75) is 0 Å². The number of halogens is 1. The van der Waals surface area contributed by atoms with Gasteiger partial charge in [0.05, 0.1) is 0 Å². The van der Waals surface area contributed by atoms with Crippen LogP contribution < -0.4 is 32.9 Å². The summed E-state index contributed by atoms with van der Waals surface area (Å²) < 4.78 is 0. The van der Waals surface area contributed by atoms with Gasteiger partial charge in [0.25, 0.3) is 0 Å². The van der Waals surface area contributed by atoms with E-state index in [1.165, 1.54) is 15.9 Å². The Morgan fingerprint density at radius 2 is 0.935 bits per heavy atom. The summed E-state index contributed by atoms with van der Waals surface area (Å²) in [4.78, 5) is 13.3. The van der Waals surface area contributed by atoms with Gasteiger partial charge < -0.3 is 17.0 Å². The van der Waals surface area contributed by atoms with E-state index in [-0.39, 0.29) is 22.8 Å². The molecule has 4 aromatic rings. The van der Waals surface area contributed by atoms with Crippen LogP contribution in [-0.4, -0.2) is 11.9 Å². The van der Waals surface area contributed by atoms with Gasteiger partial charge in [0, 0.05) is 0 Å². The predicted molar refractivity (Wildman–Crippen MR) is 130 cm³/mol. The average Bonchev–Trinajstić information content (AvgIpc) is 2.83. The normalized spacial score (nSPS) is 11.1. The number of ketones is 1. The Labute approximate surface area is 195 Å². The Morgan fingerprint density at radius 1 is 0.581 bits per heavy atom. The van der Waals surface area contributed by atoms with Gasteiger partial charge in [-0.2, -0.15) is 0 Å². The number of benzene rings is 4. The molecule has 0 unspecified atom stereocenters. The lowest BCUT2D eigenvalue weighted by molar-refractivity contribution is -0.112. The molecular weight excluding hydrogens is 463 g/mol. The van der Waals surface area contributed by atoms with Crippen LogP contribution in [0.25, 0.3) is 6.08 Å². The van der Waals surface area contributed by atoms with E-state index in [1.54, 1.807) is 6.08 Å². The van der Waals surface area contributed by atoms with Crippen molar-refractivity contribution in [1.82, 2.24) is 0 Å². The number of rotatable bonds is 7. The minimum atomic E-state index is -2.13. The molecule has 0 bridgehead atoms. The van der Waals surface area contributed by atoms with E-state index in [2.05, 4.69) is 72.8 Å². The molecule has 3 heteroatoms. The molecule has 1 nitrogen and oxygen atoms in total. The van der Waals surface area contributed by atoms with Gasteiger partial charge in [-0.15, -0.1) is 0 Å². The Balaban J connectivity index is 0.00000272. The van der Waals surface area contributed by atoms with Gasteiger partial charge in [-0.25, -0.2) is 0 Å². The molecule has 0 heterocycles. The second-order valence-corrected chi connectivity index (χ2v) is 10.7. The van der Waals surface area contributed by atoms with E-state index in [0.717, 1.165) is 5.56 Å². The molecule has 0 aromatic heterocycles. The molecule has 0 atom stereocenters. The Kier molecular flexibility index (Phi) is 8.12. The van der Waals surface area contributed by atoms with Gasteiger partial charge in [0.15, 0.2) is 5.78 Å². The molecule has 0 spiro atoms. The van der Waals surface area contributed by atoms with E-state index in [1.807, 2.05) is 54.6 Å². The van der Waals surface area contributed by atoms with E-state index in [9.17, 15) is 4.79 Å². The topological polar surface area (TPSA) is 17.1 Å². The van der Waals surface area contributed by atoms with Crippen molar-refractivity contribution in [2.75, 3.05) is 6.16 Å². The summed E-state index contributed by atoms with van der Waals surface area (Å²) in [6, 6.07) is 41.5. The maximum atomic E-state index is 13.3. The van der Waals surface area contributed by atoms with Crippen molar-refractivity contribution in [1.29, 1.82) is 0 Å². The molecule has 0 saturated carbocycles. The molecule has 0 radical (unpaired) electrons. The lowest BCUT2D eigenvalue weighted by Crippen LogP contribution is -3.00. The van der Waals surface area contributed by atoms with Gasteiger partial charge in [0.2, 0.25) is 0 Å². The monoisotopic (exact) mass is 486 g/mol. The van der Waals surface area contributed by atoms with Gasteiger partial charge in [-0.3, -0.25) is 4.79 Å². The van der Waals surface area contributed by atoms with Crippen molar-refractivity contribution >= 4 is 35.0 Å². The fraction of sp³-hybridized carbons (Fsp3) is 0.0357. The zero-order valence-electron chi connectivity index (χ0n) is 17.1. The van der Waals surface area contributed by atoms with Crippen molar-refractivity contribution < 1.29 is 21.8 Å². The van der Waals surface area contributed by atoms with Crippen LogP contribution in [0, 0.1) is 0 Å². The Bertz CT molecular complexity index is 1010. The largest absolute Gasteiger partial charge is 1.00 e. The molecule has 154 valence electrons. The van der Waals surface area contributed by atoms with Crippen LogP contribution in [0.2, 0.25) is 0 Å². The van der Waals surface area contributed by atoms with Crippen LogP contribution in [-0.2, 0) is 4.79 Å². The van der Waals surface area contributed by atoms with Crippen LogP contribution in [0.4, 0.5) is 0 Å². The van der Waals surface area contributed by atoms with Crippen LogP contribution >= 0.6 is 7.26 Å². The third-order valence-corrected chi connectivity index (χ3v) is 9.57. The van der Waals surface area contributed by atoms with Crippen LogP contribution in [0.5, 0.6) is 0 Å². The minimum absolute atomic E-state index is 0. The number of hydrogen-bond acceptors (Lipinski definition) is 1. The summed E-state index contributed by atoms with van der Waals surface area (Å²) in [6.45, 7) is 0. The van der Waals surface area contributed by atoms with E-state index in [4.69, 9.17) is 0 Å². The molecule has 0 N–H and O–H groups in total. The van der Waals surface area contributed by atoms with Crippen molar-refractivity contribution in [3.05, 3.63) is 133 Å². The van der Waals surface area contributed by atoms with Crippen molar-refractivity contribution in [3.63, 3.8) is 0 Å². The van der Waals surface area contributed by atoms with Gasteiger partial charge >= 0.3 is 0 Å². The van der Waals surface area contributed by atoms with Crippen LogP contribution in [0.3, 0.4) is 0 Å². The molecule has 0 fully saturated rings. The molecular formula is C28H24BrOP. The standard InChI is InChI=1S/C28H24OP.BrH/c29-25(22-21-24-13-5-1-6-14-24)23-30(26-15-7-2-8-16-26,27-17-9-3-10-18-27)28-19-11-4-12-20-28;/h1-22H,23H2;1H/q+1;/p-1/b22-21+;. The fourth-order valence-corrected chi connectivity index (χ4v) is 7.87. The maximum Gasteiger partial charge on any atom is 0.193 e. The van der Waals surface area contributed by atoms with E-state index < -0.39 is 7.26 Å². The highest BCUT2D eigenvalue weighted by molar-refractivity contribution is 7.96. The SMILES string of the molecule is O=C(/C=C/c1ccccc1)C[P+](c1ccccc1)(c1ccccc1)c1ccccc1.[Br-]. The highest BCUT2D eigenvalue weighted by Gasteiger charge is 2.46. The molecule has 0 aliphatic rings. The first-order valence-corrected chi connectivity index (χ1v) is 12.1. The van der Waals surface area contributed by atoms with Crippen molar-refractivity contribution in [3.8, 4) is 0 Å².